The molecular formula is C11H12BrN3O4S. The van der Waals surface area contributed by atoms with Crippen LogP contribution in [0.5, 0.6) is 0 Å². The predicted molar refractivity (Wildman–Crippen MR) is 73.3 cm³/mol. The highest BCUT2D eigenvalue weighted by Crippen LogP contribution is 2.23. The van der Waals surface area contributed by atoms with Crippen molar-refractivity contribution in [1.82, 2.24) is 14.9 Å². The van der Waals surface area contributed by atoms with Crippen LogP contribution in [-0.2, 0) is 23.1 Å². The largest absolute Gasteiger partial charge is 0.392 e. The van der Waals surface area contributed by atoms with E-state index in [1.54, 1.807) is 12.1 Å². The summed E-state index contributed by atoms with van der Waals surface area (Å²) in [5, 5.41) is 12.4. The number of nitrogens with zero attached hydrogens (tertiary/aromatic N) is 2. The Balaban J connectivity index is 2.06. The smallest absolute Gasteiger partial charge is 0.241 e. The van der Waals surface area contributed by atoms with Gasteiger partial charge < -0.3 is 9.63 Å². The van der Waals surface area contributed by atoms with Crippen molar-refractivity contribution in [3.8, 4) is 0 Å². The van der Waals surface area contributed by atoms with Crippen molar-refractivity contribution >= 4 is 26.0 Å². The summed E-state index contributed by atoms with van der Waals surface area (Å²) in [5.41, 5.74) is 0.627. The van der Waals surface area contributed by atoms with E-state index < -0.39 is 10.0 Å². The van der Waals surface area contributed by atoms with E-state index in [0.29, 0.717) is 22.3 Å². The Morgan fingerprint density at radius 1 is 1.40 bits per heavy atom. The monoisotopic (exact) mass is 361 g/mol. The normalized spacial score (nSPS) is 11.7. The molecule has 0 spiro atoms. The molecule has 0 aliphatic heterocycles. The zero-order valence-electron chi connectivity index (χ0n) is 10.3. The Bertz CT molecular complexity index is 673. The number of aromatic nitrogens is 2. The molecule has 1 heterocycles. The quantitative estimate of drug-likeness (QED) is 0.789. The molecule has 0 amide bonds. The number of rotatable bonds is 6. The Morgan fingerprint density at radius 2 is 2.20 bits per heavy atom. The zero-order chi connectivity index (χ0) is 14.6. The van der Waals surface area contributed by atoms with Gasteiger partial charge in [-0.1, -0.05) is 11.2 Å². The number of sulfonamides is 1. The second-order valence-electron chi connectivity index (χ2n) is 3.91. The highest BCUT2D eigenvalue weighted by Gasteiger charge is 2.17. The van der Waals surface area contributed by atoms with Gasteiger partial charge in [0.1, 0.15) is 0 Å². The SMILES string of the molecule is O=S(=O)(NCCc1ncno1)c1ccc(CO)cc1Br. The summed E-state index contributed by atoms with van der Waals surface area (Å²) >= 11 is 3.18. The lowest BCUT2D eigenvalue weighted by Gasteiger charge is -2.08. The van der Waals surface area contributed by atoms with Gasteiger partial charge in [-0.2, -0.15) is 4.98 Å². The molecule has 20 heavy (non-hydrogen) atoms. The van der Waals surface area contributed by atoms with Gasteiger partial charge in [0, 0.05) is 17.4 Å². The minimum atomic E-state index is -3.64. The van der Waals surface area contributed by atoms with Crippen LogP contribution in [0.2, 0.25) is 0 Å². The lowest BCUT2D eigenvalue weighted by atomic mass is 10.2. The molecule has 0 saturated heterocycles. The predicted octanol–water partition coefficient (Wildman–Crippen LogP) is 0.845. The number of hydrogen-bond acceptors (Lipinski definition) is 6. The van der Waals surface area contributed by atoms with Gasteiger partial charge in [0.25, 0.3) is 0 Å². The number of benzene rings is 1. The van der Waals surface area contributed by atoms with Crippen LogP contribution in [0.25, 0.3) is 0 Å². The van der Waals surface area contributed by atoms with Gasteiger partial charge in [-0.25, -0.2) is 13.1 Å². The van der Waals surface area contributed by atoms with Crippen molar-refractivity contribution in [2.24, 2.45) is 0 Å². The third kappa shape index (κ3) is 3.63. The van der Waals surface area contributed by atoms with Crippen LogP contribution >= 0.6 is 15.9 Å². The van der Waals surface area contributed by atoms with Gasteiger partial charge in [-0.15, -0.1) is 0 Å². The summed E-state index contributed by atoms with van der Waals surface area (Å²) in [6, 6.07) is 4.55. The first-order valence-electron chi connectivity index (χ1n) is 5.67. The number of nitrogens with one attached hydrogen (secondary N) is 1. The van der Waals surface area contributed by atoms with Crippen molar-refractivity contribution in [2.75, 3.05) is 6.54 Å². The molecule has 2 rings (SSSR count). The maximum Gasteiger partial charge on any atom is 0.241 e. The Hall–Kier alpha value is -1.29. The fourth-order valence-corrected chi connectivity index (χ4v) is 3.69. The average Bonchev–Trinajstić information content (AvgIpc) is 2.91. The standard InChI is InChI=1S/C11H12BrN3O4S/c12-9-5-8(6-16)1-2-10(9)20(17,18)15-4-3-11-13-7-14-19-11/h1-2,5,7,15-16H,3-4,6H2. The number of aliphatic hydroxyl groups excluding tert-OH is 1. The number of hydrogen-bond donors (Lipinski definition) is 2. The van der Waals surface area contributed by atoms with Crippen LogP contribution in [-0.4, -0.2) is 30.2 Å². The van der Waals surface area contributed by atoms with Crippen LogP contribution in [0.4, 0.5) is 0 Å². The van der Waals surface area contributed by atoms with Gasteiger partial charge in [0.05, 0.1) is 11.5 Å². The van der Waals surface area contributed by atoms with E-state index in [0.717, 1.165) is 0 Å². The fourth-order valence-electron chi connectivity index (χ4n) is 1.54. The van der Waals surface area contributed by atoms with E-state index in [2.05, 4.69) is 30.8 Å². The topological polar surface area (TPSA) is 105 Å². The highest BCUT2D eigenvalue weighted by atomic mass is 79.9. The van der Waals surface area contributed by atoms with Crippen LogP contribution < -0.4 is 4.72 Å². The lowest BCUT2D eigenvalue weighted by Crippen LogP contribution is -2.26. The molecule has 2 aromatic rings. The average molecular weight is 362 g/mol. The summed E-state index contributed by atoms with van der Waals surface area (Å²) in [6.07, 6.45) is 1.57. The Labute approximate surface area is 124 Å². The molecular weight excluding hydrogens is 350 g/mol. The van der Waals surface area contributed by atoms with E-state index >= 15 is 0 Å². The first kappa shape index (κ1) is 15.1. The third-order valence-corrected chi connectivity index (χ3v) is 4.94. The first-order chi connectivity index (χ1) is 9.53. The third-order valence-electron chi connectivity index (χ3n) is 2.51. The van der Waals surface area contributed by atoms with E-state index in [1.165, 1.54) is 12.4 Å². The van der Waals surface area contributed by atoms with Crippen molar-refractivity contribution in [2.45, 2.75) is 17.9 Å². The molecule has 9 heteroatoms. The molecule has 0 bridgehead atoms. The van der Waals surface area contributed by atoms with Crippen molar-refractivity contribution in [3.05, 3.63) is 40.5 Å². The Kier molecular flexibility index (Phi) is 4.86. The summed E-state index contributed by atoms with van der Waals surface area (Å²) in [7, 11) is -3.64. The second kappa shape index (κ2) is 6.44. The fraction of sp³-hybridized carbons (Fsp3) is 0.273. The van der Waals surface area contributed by atoms with E-state index in [9.17, 15) is 8.42 Å². The lowest BCUT2D eigenvalue weighted by molar-refractivity contribution is 0.281. The summed E-state index contributed by atoms with van der Waals surface area (Å²) in [6.45, 7) is 0.00222. The summed E-state index contributed by atoms with van der Waals surface area (Å²) in [4.78, 5) is 3.91. The van der Waals surface area contributed by atoms with E-state index in [4.69, 9.17) is 9.63 Å². The molecule has 0 unspecified atom stereocenters. The van der Waals surface area contributed by atoms with Gasteiger partial charge in [0.2, 0.25) is 15.9 Å². The summed E-state index contributed by atoms with van der Waals surface area (Å²) in [5.74, 6) is 0.363. The number of halogens is 1. The molecule has 108 valence electrons. The van der Waals surface area contributed by atoms with Crippen molar-refractivity contribution in [3.63, 3.8) is 0 Å². The van der Waals surface area contributed by atoms with Crippen LogP contribution in [0.3, 0.4) is 0 Å². The zero-order valence-corrected chi connectivity index (χ0v) is 12.7. The maximum atomic E-state index is 12.1. The van der Waals surface area contributed by atoms with Crippen molar-refractivity contribution in [1.29, 1.82) is 0 Å². The van der Waals surface area contributed by atoms with Crippen molar-refractivity contribution < 1.29 is 18.0 Å². The second-order valence-corrected chi connectivity index (χ2v) is 6.50. The summed E-state index contributed by atoms with van der Waals surface area (Å²) < 4.78 is 31.8. The van der Waals surface area contributed by atoms with Gasteiger partial charge >= 0.3 is 0 Å². The minimum absolute atomic E-state index is 0.111. The molecule has 1 aromatic carbocycles. The van der Waals surface area contributed by atoms with E-state index in [-0.39, 0.29) is 18.0 Å². The molecule has 2 N–H and O–H groups in total. The molecule has 0 aliphatic rings. The maximum absolute atomic E-state index is 12.1. The molecule has 0 saturated carbocycles. The molecule has 0 radical (unpaired) electrons. The van der Waals surface area contributed by atoms with E-state index in [1.807, 2.05) is 0 Å². The molecule has 0 fully saturated rings. The van der Waals surface area contributed by atoms with Crippen LogP contribution in [0.15, 0.2) is 38.4 Å². The minimum Gasteiger partial charge on any atom is -0.392 e. The van der Waals surface area contributed by atoms with Gasteiger partial charge in [-0.05, 0) is 33.6 Å². The van der Waals surface area contributed by atoms with Crippen LogP contribution in [0.1, 0.15) is 11.5 Å². The van der Waals surface area contributed by atoms with Gasteiger partial charge in [-0.3, -0.25) is 0 Å². The molecule has 7 nitrogen and oxygen atoms in total. The van der Waals surface area contributed by atoms with Crippen LogP contribution in [0, 0.1) is 0 Å². The molecule has 1 aromatic heterocycles. The first-order valence-corrected chi connectivity index (χ1v) is 7.95. The highest BCUT2D eigenvalue weighted by molar-refractivity contribution is 9.10. The van der Waals surface area contributed by atoms with Gasteiger partial charge in [0.15, 0.2) is 6.33 Å². The molecule has 0 atom stereocenters. The number of aliphatic hydroxyl groups is 1. The molecule has 0 aliphatic carbocycles. The Morgan fingerprint density at radius 3 is 2.80 bits per heavy atom.